The van der Waals surface area contributed by atoms with Crippen LogP contribution in [0.25, 0.3) is 0 Å². The number of benzene rings is 2. The third kappa shape index (κ3) is 5.80. The molecular weight excluding hydrogens is 476 g/mol. The van der Waals surface area contributed by atoms with Crippen LogP contribution in [0.3, 0.4) is 0 Å². The lowest BCUT2D eigenvalue weighted by Crippen LogP contribution is -2.41. The number of rotatable bonds is 8. The van der Waals surface area contributed by atoms with Crippen LogP contribution in [-0.4, -0.2) is 30.4 Å². The number of aryl methyl sites for hydroxylation is 2. The minimum absolute atomic E-state index is 0.0654. The van der Waals surface area contributed by atoms with E-state index >= 15 is 0 Å². The summed E-state index contributed by atoms with van der Waals surface area (Å²) in [6.07, 6.45) is 3.60. The Morgan fingerprint density at radius 1 is 1.00 bits per heavy atom. The van der Waals surface area contributed by atoms with Gasteiger partial charge in [-0.05, 0) is 66.0 Å². The van der Waals surface area contributed by atoms with E-state index in [-0.39, 0.29) is 17.4 Å². The van der Waals surface area contributed by atoms with Gasteiger partial charge in [-0.1, -0.05) is 53.7 Å². The van der Waals surface area contributed by atoms with Gasteiger partial charge in [-0.3, -0.25) is 4.79 Å². The zero-order valence-electron chi connectivity index (χ0n) is 20.6. The molecule has 1 aromatic heterocycles. The molecule has 0 bridgehead atoms. The fraction of sp³-hybridized carbons (Fsp3) is 0.370. The van der Waals surface area contributed by atoms with Crippen molar-refractivity contribution in [2.45, 2.75) is 44.1 Å². The van der Waals surface area contributed by atoms with Crippen molar-refractivity contribution in [1.29, 1.82) is 0 Å². The van der Waals surface area contributed by atoms with Crippen LogP contribution in [0.5, 0.6) is 0 Å². The van der Waals surface area contributed by atoms with Gasteiger partial charge in [0.1, 0.15) is 6.04 Å². The number of piperidine rings is 1. The Hall–Kier alpha value is -3.14. The number of hydrogen-bond acceptors (Lipinski definition) is 5. The lowest BCUT2D eigenvalue weighted by Gasteiger charge is -2.30. The molecule has 9 heteroatoms. The van der Waals surface area contributed by atoms with Gasteiger partial charge >= 0.3 is 0 Å². The molecule has 1 fully saturated rings. The summed E-state index contributed by atoms with van der Waals surface area (Å²) in [6.45, 7) is 2.90. The molecule has 2 heterocycles. The summed E-state index contributed by atoms with van der Waals surface area (Å²) in [7, 11) is -1.98. The SMILES string of the molecule is Cc1ccccc1[C@H](CC(N=O)c1ccc(=O)n(C)c1)c1ccc(C2CCN(S(N)(=O)=O)CC2)cc1. The first-order valence-corrected chi connectivity index (χ1v) is 13.6. The number of hydrogen-bond donors (Lipinski definition) is 1. The van der Waals surface area contributed by atoms with Crippen LogP contribution in [0, 0.1) is 11.8 Å². The van der Waals surface area contributed by atoms with E-state index < -0.39 is 16.3 Å². The summed E-state index contributed by atoms with van der Waals surface area (Å²) in [5, 5.41) is 8.71. The van der Waals surface area contributed by atoms with E-state index in [1.807, 2.05) is 12.1 Å². The predicted octanol–water partition coefficient (Wildman–Crippen LogP) is 4.11. The highest BCUT2D eigenvalue weighted by Crippen LogP contribution is 2.38. The average Bonchev–Trinajstić information content (AvgIpc) is 2.87. The van der Waals surface area contributed by atoms with Crippen LogP contribution in [0.4, 0.5) is 0 Å². The monoisotopic (exact) mass is 508 g/mol. The maximum atomic E-state index is 11.9. The van der Waals surface area contributed by atoms with Crippen LogP contribution in [0.15, 0.2) is 76.8 Å². The standard InChI is InChI=1S/C27H32N4O4S/c1-19-5-3-4-6-24(19)25(17-26(29-33)23-11-12-27(32)30(2)18-23)22-9-7-20(8-10-22)21-13-15-31(16-14-21)36(28,34)35/h3-12,18,21,25-26H,13-17H2,1-2H3,(H2,28,34,35)/t25-,26?/m1/s1. The highest BCUT2D eigenvalue weighted by molar-refractivity contribution is 7.86. The molecule has 4 rings (SSSR count). The molecule has 0 saturated carbocycles. The first-order chi connectivity index (χ1) is 17.2. The molecule has 2 atom stereocenters. The van der Waals surface area contributed by atoms with E-state index in [4.69, 9.17) is 5.14 Å². The van der Waals surface area contributed by atoms with Gasteiger partial charge in [0.25, 0.3) is 10.2 Å². The zero-order chi connectivity index (χ0) is 25.9. The third-order valence-electron chi connectivity index (χ3n) is 7.27. The second-order valence-electron chi connectivity index (χ2n) is 9.56. The van der Waals surface area contributed by atoms with E-state index in [9.17, 15) is 18.1 Å². The highest BCUT2D eigenvalue weighted by atomic mass is 32.2. The van der Waals surface area contributed by atoms with Crippen molar-refractivity contribution in [3.8, 4) is 0 Å². The molecule has 0 aliphatic carbocycles. The minimum Gasteiger partial charge on any atom is -0.318 e. The van der Waals surface area contributed by atoms with Crippen molar-refractivity contribution in [2.75, 3.05) is 13.1 Å². The van der Waals surface area contributed by atoms with Gasteiger partial charge in [-0.2, -0.15) is 17.6 Å². The van der Waals surface area contributed by atoms with Crippen LogP contribution >= 0.6 is 0 Å². The van der Waals surface area contributed by atoms with Crippen molar-refractivity contribution in [2.24, 2.45) is 17.4 Å². The van der Waals surface area contributed by atoms with Crippen LogP contribution in [-0.2, 0) is 17.3 Å². The number of nitroso groups, excluding NO2 is 1. The molecule has 1 aliphatic heterocycles. The van der Waals surface area contributed by atoms with E-state index in [1.54, 1.807) is 19.3 Å². The quantitative estimate of drug-likeness (QED) is 0.461. The Morgan fingerprint density at radius 3 is 2.22 bits per heavy atom. The molecule has 0 radical (unpaired) electrons. The molecule has 2 aromatic carbocycles. The molecular formula is C27H32N4O4S. The van der Waals surface area contributed by atoms with E-state index in [2.05, 4.69) is 48.5 Å². The number of nitrogens with zero attached hydrogens (tertiary/aromatic N) is 3. The maximum Gasteiger partial charge on any atom is 0.276 e. The first kappa shape index (κ1) is 25.9. The molecule has 3 aromatic rings. The molecule has 1 aliphatic rings. The fourth-order valence-corrected chi connectivity index (χ4v) is 5.86. The molecule has 190 valence electrons. The summed E-state index contributed by atoms with van der Waals surface area (Å²) in [5.74, 6) is 0.202. The summed E-state index contributed by atoms with van der Waals surface area (Å²) < 4.78 is 26.0. The summed E-state index contributed by atoms with van der Waals surface area (Å²) in [5.41, 5.74) is 5.08. The Bertz CT molecular complexity index is 1380. The maximum absolute atomic E-state index is 11.9. The van der Waals surface area contributed by atoms with Gasteiger partial charge in [0.05, 0.1) is 0 Å². The molecule has 8 nitrogen and oxygen atoms in total. The van der Waals surface area contributed by atoms with Gasteiger partial charge in [0.15, 0.2) is 0 Å². The van der Waals surface area contributed by atoms with Crippen molar-refractivity contribution in [3.63, 3.8) is 0 Å². The highest BCUT2D eigenvalue weighted by Gasteiger charge is 2.27. The minimum atomic E-state index is -3.65. The van der Waals surface area contributed by atoms with Crippen molar-refractivity contribution >= 4 is 10.2 Å². The molecule has 1 unspecified atom stereocenters. The number of nitrogens with two attached hydrogens (primary N) is 1. The predicted molar refractivity (Wildman–Crippen MR) is 141 cm³/mol. The molecule has 0 amide bonds. The second-order valence-corrected chi connectivity index (χ2v) is 11.1. The van der Waals surface area contributed by atoms with Crippen LogP contribution < -0.4 is 10.7 Å². The summed E-state index contributed by atoms with van der Waals surface area (Å²) in [4.78, 5) is 23.8. The summed E-state index contributed by atoms with van der Waals surface area (Å²) >= 11 is 0. The molecule has 1 saturated heterocycles. The van der Waals surface area contributed by atoms with Crippen LogP contribution in [0.1, 0.15) is 65.0 Å². The molecule has 0 spiro atoms. The number of aromatic nitrogens is 1. The normalized spacial score (nSPS) is 17.0. The lowest BCUT2D eigenvalue weighted by atomic mass is 9.81. The van der Waals surface area contributed by atoms with Crippen LogP contribution in [0.2, 0.25) is 0 Å². The van der Waals surface area contributed by atoms with Gasteiger partial charge in [-0.25, -0.2) is 5.14 Å². The topological polar surface area (TPSA) is 115 Å². The fourth-order valence-electron chi connectivity index (χ4n) is 5.14. The van der Waals surface area contributed by atoms with Gasteiger partial charge in [0.2, 0.25) is 5.56 Å². The molecule has 36 heavy (non-hydrogen) atoms. The summed E-state index contributed by atoms with van der Waals surface area (Å²) in [6, 6.07) is 19.1. The zero-order valence-corrected chi connectivity index (χ0v) is 21.4. The van der Waals surface area contributed by atoms with Gasteiger partial charge in [0, 0.05) is 38.3 Å². The Labute approximate surface area is 211 Å². The van der Waals surface area contributed by atoms with E-state index in [1.165, 1.54) is 20.5 Å². The van der Waals surface area contributed by atoms with Crippen molar-refractivity contribution in [3.05, 3.63) is 110 Å². The largest absolute Gasteiger partial charge is 0.318 e. The average molecular weight is 509 g/mol. The number of pyridine rings is 1. The molecule has 2 N–H and O–H groups in total. The van der Waals surface area contributed by atoms with Crippen molar-refractivity contribution in [1.82, 2.24) is 8.87 Å². The van der Waals surface area contributed by atoms with Crippen molar-refractivity contribution < 1.29 is 8.42 Å². The van der Waals surface area contributed by atoms with E-state index in [0.29, 0.717) is 25.1 Å². The van der Waals surface area contributed by atoms with E-state index in [0.717, 1.165) is 29.5 Å². The smallest absolute Gasteiger partial charge is 0.276 e. The third-order valence-corrected chi connectivity index (χ3v) is 8.35. The Morgan fingerprint density at radius 2 is 1.64 bits per heavy atom. The first-order valence-electron chi connectivity index (χ1n) is 12.1. The second kappa shape index (κ2) is 10.9. The Kier molecular flexibility index (Phi) is 7.82. The lowest BCUT2D eigenvalue weighted by molar-refractivity contribution is 0.320. The van der Waals surface area contributed by atoms with Gasteiger partial charge in [-0.15, -0.1) is 0 Å². The van der Waals surface area contributed by atoms with Gasteiger partial charge < -0.3 is 4.57 Å². The Balaban J connectivity index is 1.61.